The number of esters is 1. The molecule has 1 aliphatic heterocycles. The highest BCUT2D eigenvalue weighted by molar-refractivity contribution is 7.99. The zero-order valence-corrected chi connectivity index (χ0v) is 17.7. The summed E-state index contributed by atoms with van der Waals surface area (Å²) in [6.07, 6.45) is 0.426. The molecule has 0 bridgehead atoms. The van der Waals surface area contributed by atoms with Crippen LogP contribution < -0.4 is 0 Å². The summed E-state index contributed by atoms with van der Waals surface area (Å²) in [5.74, 6) is 1.83. The van der Waals surface area contributed by atoms with E-state index in [4.69, 9.17) is 16.1 Å². The first kappa shape index (κ1) is 21.6. The van der Waals surface area contributed by atoms with E-state index in [0.29, 0.717) is 48.5 Å². The molecular formula is C19H23ClN4O4S. The lowest BCUT2D eigenvalue weighted by molar-refractivity contribution is -0.137. The number of carbonyl (C=O) groups excluding carboxylic acids is 2. The molecule has 2 heterocycles. The smallest absolute Gasteiger partial charge is 0.315 e. The number of methoxy groups -OCH3 is 1. The van der Waals surface area contributed by atoms with Crippen molar-refractivity contribution in [2.75, 3.05) is 44.8 Å². The molecule has 1 amide bonds. The van der Waals surface area contributed by atoms with E-state index in [-0.39, 0.29) is 17.6 Å². The number of halogens is 1. The number of hydrogen-bond acceptors (Lipinski definition) is 8. The maximum atomic E-state index is 12.3. The average molecular weight is 439 g/mol. The second kappa shape index (κ2) is 10.6. The lowest BCUT2D eigenvalue weighted by Gasteiger charge is -2.34. The first-order chi connectivity index (χ1) is 14.0. The normalized spacial score (nSPS) is 14.8. The molecule has 0 aliphatic carbocycles. The number of hydrogen-bond donors (Lipinski definition) is 0. The summed E-state index contributed by atoms with van der Waals surface area (Å²) < 4.78 is 9.95. The van der Waals surface area contributed by atoms with Crippen LogP contribution >= 0.6 is 23.4 Å². The number of thioether (sulfide) groups is 1. The Morgan fingerprint density at radius 1 is 1.21 bits per heavy atom. The fourth-order valence-electron chi connectivity index (χ4n) is 2.91. The Balaban J connectivity index is 1.40. The zero-order valence-electron chi connectivity index (χ0n) is 16.2. The van der Waals surface area contributed by atoms with Gasteiger partial charge in [0.1, 0.15) is 0 Å². The lowest BCUT2D eigenvalue weighted by atomic mass is 10.2. The fraction of sp³-hybridized carbons (Fsp3) is 0.474. The molecule has 1 aromatic heterocycles. The number of ether oxygens (including phenoxy) is 1. The summed E-state index contributed by atoms with van der Waals surface area (Å²) in [5.41, 5.74) is 0.852. The second-order valence-corrected chi connectivity index (χ2v) is 8.10. The number of amides is 1. The van der Waals surface area contributed by atoms with E-state index in [1.54, 1.807) is 12.1 Å². The lowest BCUT2D eigenvalue weighted by Crippen LogP contribution is -2.48. The molecule has 2 aromatic rings. The first-order valence-electron chi connectivity index (χ1n) is 9.28. The highest BCUT2D eigenvalue weighted by Crippen LogP contribution is 2.19. The quantitative estimate of drug-likeness (QED) is 0.458. The molecule has 1 aromatic carbocycles. The standard InChI is InChI=1S/C19H23ClN4O4S/c1-27-18(26)13-29-11-6-17(25)24-9-7-23(8-10-24)12-16-21-19(22-28-16)14-2-4-15(20)5-3-14/h2-5H,6-13H2,1H3. The van der Waals surface area contributed by atoms with Gasteiger partial charge >= 0.3 is 5.97 Å². The maximum absolute atomic E-state index is 12.3. The van der Waals surface area contributed by atoms with Crippen molar-refractivity contribution in [3.63, 3.8) is 0 Å². The van der Waals surface area contributed by atoms with Crippen molar-refractivity contribution in [2.45, 2.75) is 13.0 Å². The van der Waals surface area contributed by atoms with Gasteiger partial charge in [0, 0.05) is 48.9 Å². The Morgan fingerprint density at radius 3 is 2.62 bits per heavy atom. The molecule has 0 saturated carbocycles. The Hall–Kier alpha value is -2.10. The zero-order chi connectivity index (χ0) is 20.6. The van der Waals surface area contributed by atoms with Gasteiger partial charge in [-0.15, -0.1) is 11.8 Å². The number of nitrogens with zero attached hydrogens (tertiary/aromatic N) is 4. The van der Waals surface area contributed by atoms with E-state index >= 15 is 0 Å². The molecule has 0 atom stereocenters. The van der Waals surface area contributed by atoms with Gasteiger partial charge in [0.05, 0.1) is 19.4 Å². The SMILES string of the molecule is COC(=O)CSCCC(=O)N1CCN(Cc2nc(-c3ccc(Cl)cc3)no2)CC1. The molecule has 0 radical (unpaired) electrons. The van der Waals surface area contributed by atoms with Gasteiger partial charge in [0.25, 0.3) is 0 Å². The van der Waals surface area contributed by atoms with Gasteiger partial charge in [0.15, 0.2) is 0 Å². The van der Waals surface area contributed by atoms with Crippen molar-refractivity contribution < 1.29 is 18.8 Å². The molecule has 29 heavy (non-hydrogen) atoms. The van der Waals surface area contributed by atoms with Gasteiger partial charge in [0.2, 0.25) is 17.6 Å². The van der Waals surface area contributed by atoms with Crippen LogP contribution in [0.4, 0.5) is 0 Å². The first-order valence-corrected chi connectivity index (χ1v) is 10.8. The Labute approximate surface area is 178 Å². The molecule has 0 unspecified atom stereocenters. The summed E-state index contributed by atoms with van der Waals surface area (Å²) in [5, 5.41) is 4.69. The number of carbonyl (C=O) groups is 2. The fourth-order valence-corrected chi connectivity index (χ4v) is 3.79. The van der Waals surface area contributed by atoms with E-state index in [2.05, 4.69) is 19.8 Å². The van der Waals surface area contributed by atoms with Crippen molar-refractivity contribution in [3.8, 4) is 11.4 Å². The van der Waals surface area contributed by atoms with Gasteiger partial charge in [-0.1, -0.05) is 16.8 Å². The summed E-state index contributed by atoms with van der Waals surface area (Å²) in [6, 6.07) is 7.28. The third-order valence-corrected chi connectivity index (χ3v) is 5.75. The molecule has 1 fully saturated rings. The van der Waals surface area contributed by atoms with Crippen molar-refractivity contribution in [3.05, 3.63) is 35.2 Å². The van der Waals surface area contributed by atoms with E-state index < -0.39 is 0 Å². The minimum absolute atomic E-state index is 0.116. The van der Waals surface area contributed by atoms with E-state index in [0.717, 1.165) is 18.7 Å². The predicted octanol–water partition coefficient (Wildman–Crippen LogP) is 2.33. The minimum atomic E-state index is -0.267. The minimum Gasteiger partial charge on any atom is -0.468 e. The van der Waals surface area contributed by atoms with Gasteiger partial charge in [-0.3, -0.25) is 14.5 Å². The van der Waals surface area contributed by atoms with Crippen LogP contribution in [0.2, 0.25) is 5.02 Å². The van der Waals surface area contributed by atoms with Crippen LogP contribution in [-0.2, 0) is 20.9 Å². The molecule has 0 N–H and O–H groups in total. The molecule has 8 nitrogen and oxygen atoms in total. The van der Waals surface area contributed by atoms with Crippen molar-refractivity contribution in [1.82, 2.24) is 19.9 Å². The van der Waals surface area contributed by atoms with Crippen molar-refractivity contribution >= 4 is 35.2 Å². The third kappa shape index (κ3) is 6.45. The largest absolute Gasteiger partial charge is 0.468 e. The van der Waals surface area contributed by atoms with Crippen LogP contribution in [0.15, 0.2) is 28.8 Å². The molecular weight excluding hydrogens is 416 g/mol. The summed E-state index contributed by atoms with van der Waals surface area (Å²) >= 11 is 7.32. The second-order valence-electron chi connectivity index (χ2n) is 6.55. The van der Waals surface area contributed by atoms with Gasteiger partial charge in [-0.25, -0.2) is 0 Å². The van der Waals surface area contributed by atoms with Crippen LogP contribution in [0.25, 0.3) is 11.4 Å². The van der Waals surface area contributed by atoms with Gasteiger partial charge < -0.3 is 14.2 Å². The number of rotatable bonds is 8. The van der Waals surface area contributed by atoms with Crippen LogP contribution in [0, 0.1) is 0 Å². The van der Waals surface area contributed by atoms with Crippen molar-refractivity contribution in [2.24, 2.45) is 0 Å². The summed E-state index contributed by atoms with van der Waals surface area (Å²) in [6.45, 7) is 3.38. The van der Waals surface area contributed by atoms with Crippen LogP contribution in [0.5, 0.6) is 0 Å². The highest BCUT2D eigenvalue weighted by atomic mass is 35.5. The molecule has 3 rings (SSSR count). The molecule has 156 valence electrons. The highest BCUT2D eigenvalue weighted by Gasteiger charge is 2.22. The maximum Gasteiger partial charge on any atom is 0.315 e. The Kier molecular flexibility index (Phi) is 7.91. The monoisotopic (exact) mass is 438 g/mol. The van der Waals surface area contributed by atoms with Crippen molar-refractivity contribution in [1.29, 1.82) is 0 Å². The number of benzene rings is 1. The molecule has 0 spiro atoms. The van der Waals surface area contributed by atoms with Crippen LogP contribution in [0.3, 0.4) is 0 Å². The topological polar surface area (TPSA) is 88.8 Å². The third-order valence-electron chi connectivity index (χ3n) is 4.56. The Bertz CT molecular complexity index is 822. The van der Waals surface area contributed by atoms with Gasteiger partial charge in [-0.05, 0) is 24.3 Å². The number of piperazine rings is 1. The molecule has 1 aliphatic rings. The van der Waals surface area contributed by atoms with E-state index in [9.17, 15) is 9.59 Å². The Morgan fingerprint density at radius 2 is 1.93 bits per heavy atom. The van der Waals surface area contributed by atoms with Gasteiger partial charge in [-0.2, -0.15) is 4.98 Å². The van der Waals surface area contributed by atoms with Crippen LogP contribution in [-0.4, -0.2) is 76.6 Å². The summed E-state index contributed by atoms with van der Waals surface area (Å²) in [7, 11) is 1.36. The molecule has 1 saturated heterocycles. The van der Waals surface area contributed by atoms with E-state index in [1.165, 1.54) is 18.9 Å². The van der Waals surface area contributed by atoms with E-state index in [1.807, 2.05) is 17.0 Å². The predicted molar refractivity (Wildman–Crippen MR) is 111 cm³/mol. The number of aromatic nitrogens is 2. The summed E-state index contributed by atoms with van der Waals surface area (Å²) in [4.78, 5) is 31.9. The molecule has 10 heteroatoms. The average Bonchev–Trinajstić information content (AvgIpc) is 3.20. The van der Waals surface area contributed by atoms with Crippen LogP contribution in [0.1, 0.15) is 12.3 Å².